The van der Waals surface area contributed by atoms with Crippen LogP contribution in [0.1, 0.15) is 15.9 Å². The summed E-state index contributed by atoms with van der Waals surface area (Å²) in [6.07, 6.45) is 2.56. The van der Waals surface area contributed by atoms with Crippen molar-refractivity contribution < 1.29 is 4.79 Å². The highest BCUT2D eigenvalue weighted by Gasteiger charge is 2.11. The maximum Gasteiger partial charge on any atom is 0.150 e. The number of aryl methyl sites for hydroxylation is 1. The Labute approximate surface area is 116 Å². The number of rotatable bonds is 3. The summed E-state index contributed by atoms with van der Waals surface area (Å²) in [6, 6.07) is 15.4. The van der Waals surface area contributed by atoms with Crippen LogP contribution < -0.4 is 0 Å². The molecule has 0 fully saturated rings. The Morgan fingerprint density at radius 2 is 1.90 bits per heavy atom. The van der Waals surface area contributed by atoms with Gasteiger partial charge < -0.3 is 0 Å². The van der Waals surface area contributed by atoms with Gasteiger partial charge in [0.05, 0.1) is 17.6 Å². The second-order valence-electron chi connectivity index (χ2n) is 4.56. The molecule has 0 aliphatic rings. The predicted octanol–water partition coefficient (Wildman–Crippen LogP) is 3.06. The van der Waals surface area contributed by atoms with Crippen molar-refractivity contribution in [1.82, 2.24) is 15.0 Å². The molecule has 2 aromatic carbocycles. The number of hydrogen-bond donors (Lipinski definition) is 0. The first-order valence-corrected chi connectivity index (χ1v) is 6.32. The highest BCUT2D eigenvalue weighted by Crippen LogP contribution is 2.25. The van der Waals surface area contributed by atoms with Crippen LogP contribution in [0, 0.1) is 6.92 Å². The molecule has 98 valence electrons. The van der Waals surface area contributed by atoms with Crippen LogP contribution in [0.5, 0.6) is 0 Å². The van der Waals surface area contributed by atoms with Gasteiger partial charge in [0, 0.05) is 11.1 Å². The summed E-state index contributed by atoms with van der Waals surface area (Å²) < 4.78 is 1.77. The summed E-state index contributed by atoms with van der Waals surface area (Å²) in [6.45, 7) is 2.01. The number of para-hydroxylation sites is 1. The van der Waals surface area contributed by atoms with Crippen LogP contribution in [0.4, 0.5) is 0 Å². The topological polar surface area (TPSA) is 47.8 Å². The average molecular weight is 263 g/mol. The van der Waals surface area contributed by atoms with Crippen molar-refractivity contribution in [2.75, 3.05) is 0 Å². The molecule has 4 heteroatoms. The molecule has 0 spiro atoms. The van der Waals surface area contributed by atoms with Crippen molar-refractivity contribution in [1.29, 1.82) is 0 Å². The minimum atomic E-state index is 0.645. The Bertz CT molecular complexity index is 747. The summed E-state index contributed by atoms with van der Waals surface area (Å²) in [5, 5.41) is 8.13. The summed E-state index contributed by atoms with van der Waals surface area (Å²) in [4.78, 5) is 11.0. The molecule has 0 N–H and O–H groups in total. The van der Waals surface area contributed by atoms with E-state index in [2.05, 4.69) is 10.3 Å². The second-order valence-corrected chi connectivity index (χ2v) is 4.56. The lowest BCUT2D eigenvalue weighted by Crippen LogP contribution is -2.00. The molecular weight excluding hydrogens is 250 g/mol. The summed E-state index contributed by atoms with van der Waals surface area (Å²) in [5.41, 5.74) is 4.50. The van der Waals surface area contributed by atoms with E-state index >= 15 is 0 Å². The third-order valence-electron chi connectivity index (χ3n) is 3.22. The minimum absolute atomic E-state index is 0.645. The van der Waals surface area contributed by atoms with Gasteiger partial charge in [0.25, 0.3) is 0 Å². The Kier molecular flexibility index (Phi) is 3.13. The number of carbonyl (C=O) groups excluding carboxylic acids is 1. The predicted molar refractivity (Wildman–Crippen MR) is 76.9 cm³/mol. The van der Waals surface area contributed by atoms with Gasteiger partial charge in [-0.2, -0.15) is 0 Å². The van der Waals surface area contributed by atoms with Crippen molar-refractivity contribution in [3.05, 3.63) is 65.9 Å². The number of hydrogen-bond acceptors (Lipinski definition) is 3. The molecule has 0 bridgehead atoms. The van der Waals surface area contributed by atoms with Gasteiger partial charge in [-0.25, -0.2) is 4.68 Å². The van der Waals surface area contributed by atoms with Crippen LogP contribution in [0.25, 0.3) is 16.9 Å². The monoisotopic (exact) mass is 263 g/mol. The van der Waals surface area contributed by atoms with E-state index in [9.17, 15) is 4.79 Å². The molecule has 1 heterocycles. The first kappa shape index (κ1) is 12.3. The first-order chi connectivity index (χ1) is 9.79. The molecule has 0 saturated carbocycles. The largest absolute Gasteiger partial charge is 0.298 e. The third kappa shape index (κ3) is 2.12. The minimum Gasteiger partial charge on any atom is -0.298 e. The maximum atomic E-state index is 11.0. The maximum absolute atomic E-state index is 11.0. The fourth-order valence-electron chi connectivity index (χ4n) is 2.17. The van der Waals surface area contributed by atoms with Crippen molar-refractivity contribution in [3.63, 3.8) is 0 Å². The van der Waals surface area contributed by atoms with Gasteiger partial charge in [-0.1, -0.05) is 35.5 Å². The van der Waals surface area contributed by atoms with Crippen LogP contribution >= 0.6 is 0 Å². The Morgan fingerprint density at radius 3 is 2.65 bits per heavy atom. The van der Waals surface area contributed by atoms with Crippen LogP contribution in [-0.4, -0.2) is 21.3 Å². The zero-order chi connectivity index (χ0) is 13.9. The van der Waals surface area contributed by atoms with Crippen molar-refractivity contribution in [3.8, 4) is 16.9 Å². The molecular formula is C16H13N3O. The van der Waals surface area contributed by atoms with Crippen LogP contribution in [0.2, 0.25) is 0 Å². The van der Waals surface area contributed by atoms with E-state index in [1.807, 2.05) is 55.5 Å². The van der Waals surface area contributed by atoms with Crippen LogP contribution in [0.15, 0.2) is 54.7 Å². The lowest BCUT2D eigenvalue weighted by atomic mass is 10.0. The van der Waals surface area contributed by atoms with E-state index in [0.29, 0.717) is 5.56 Å². The van der Waals surface area contributed by atoms with Gasteiger partial charge in [0.15, 0.2) is 0 Å². The summed E-state index contributed by atoms with van der Waals surface area (Å²) in [7, 11) is 0. The molecule has 1 aromatic heterocycles. The molecule has 0 atom stereocenters. The highest BCUT2D eigenvalue weighted by atomic mass is 16.1. The fourth-order valence-corrected chi connectivity index (χ4v) is 2.17. The van der Waals surface area contributed by atoms with Gasteiger partial charge in [-0.3, -0.25) is 4.79 Å². The fraction of sp³-hybridized carbons (Fsp3) is 0.0625. The van der Waals surface area contributed by atoms with Gasteiger partial charge in [0.1, 0.15) is 6.29 Å². The van der Waals surface area contributed by atoms with Crippen molar-refractivity contribution in [2.45, 2.75) is 6.92 Å². The van der Waals surface area contributed by atoms with E-state index < -0.39 is 0 Å². The number of benzene rings is 2. The summed E-state index contributed by atoms with van der Waals surface area (Å²) in [5.74, 6) is 0. The molecule has 0 amide bonds. The van der Waals surface area contributed by atoms with Gasteiger partial charge in [-0.05, 0) is 30.7 Å². The molecule has 0 radical (unpaired) electrons. The van der Waals surface area contributed by atoms with E-state index in [1.54, 1.807) is 10.9 Å². The zero-order valence-electron chi connectivity index (χ0n) is 11.0. The van der Waals surface area contributed by atoms with Crippen molar-refractivity contribution >= 4 is 6.29 Å². The highest BCUT2D eigenvalue weighted by molar-refractivity contribution is 5.79. The van der Waals surface area contributed by atoms with E-state index in [0.717, 1.165) is 28.8 Å². The van der Waals surface area contributed by atoms with E-state index in [4.69, 9.17) is 0 Å². The van der Waals surface area contributed by atoms with E-state index in [-0.39, 0.29) is 0 Å². The Hall–Kier alpha value is -2.75. The van der Waals surface area contributed by atoms with Gasteiger partial charge in [0.2, 0.25) is 0 Å². The van der Waals surface area contributed by atoms with Gasteiger partial charge in [-0.15, -0.1) is 5.10 Å². The zero-order valence-corrected chi connectivity index (χ0v) is 11.0. The summed E-state index contributed by atoms with van der Waals surface area (Å²) >= 11 is 0. The first-order valence-electron chi connectivity index (χ1n) is 6.32. The SMILES string of the molecule is Cc1ccc(C=O)cc1-c1cnnn1-c1ccccc1. The van der Waals surface area contributed by atoms with Crippen molar-refractivity contribution in [2.24, 2.45) is 0 Å². The van der Waals surface area contributed by atoms with Crippen LogP contribution in [-0.2, 0) is 0 Å². The molecule has 0 saturated heterocycles. The number of nitrogens with zero attached hydrogens (tertiary/aromatic N) is 3. The molecule has 3 aromatic rings. The number of carbonyl (C=O) groups is 1. The molecule has 0 aliphatic heterocycles. The molecule has 3 rings (SSSR count). The number of aromatic nitrogens is 3. The smallest absolute Gasteiger partial charge is 0.150 e. The normalized spacial score (nSPS) is 10.4. The van der Waals surface area contributed by atoms with E-state index in [1.165, 1.54) is 0 Å². The molecule has 0 unspecified atom stereocenters. The molecule has 20 heavy (non-hydrogen) atoms. The average Bonchev–Trinajstić information content (AvgIpc) is 2.98. The Balaban J connectivity index is 2.17. The van der Waals surface area contributed by atoms with Gasteiger partial charge >= 0.3 is 0 Å². The number of aldehydes is 1. The molecule has 4 nitrogen and oxygen atoms in total. The Morgan fingerprint density at radius 1 is 1.10 bits per heavy atom. The second kappa shape index (κ2) is 5.09. The quantitative estimate of drug-likeness (QED) is 0.682. The standard InChI is InChI=1S/C16H13N3O/c1-12-7-8-13(11-20)9-15(12)16-10-17-18-19(16)14-5-3-2-4-6-14/h2-11H,1H3. The molecule has 0 aliphatic carbocycles. The van der Waals surface area contributed by atoms with Crippen LogP contribution in [0.3, 0.4) is 0 Å². The third-order valence-corrected chi connectivity index (χ3v) is 3.22. The lowest BCUT2D eigenvalue weighted by molar-refractivity contribution is 0.112. The lowest BCUT2D eigenvalue weighted by Gasteiger charge is -2.09.